The number of hydrazine groups is 1. The highest BCUT2D eigenvalue weighted by Gasteiger charge is 2.36. The highest BCUT2D eigenvalue weighted by molar-refractivity contribution is 7.93. The Balaban J connectivity index is 1.16. The van der Waals surface area contributed by atoms with Gasteiger partial charge in [-0.2, -0.15) is 4.31 Å². The maximum atomic E-state index is 13.2. The maximum Gasteiger partial charge on any atom is 0.252 e. The average Bonchev–Trinajstić information content (AvgIpc) is 3.25. The normalized spacial score (nSPS) is 20.2. The van der Waals surface area contributed by atoms with Crippen molar-refractivity contribution < 1.29 is 13.2 Å². The third-order valence-electron chi connectivity index (χ3n) is 6.50. The number of hydrogen-bond donors (Lipinski definition) is 1. The van der Waals surface area contributed by atoms with E-state index in [0.717, 1.165) is 42.7 Å². The molecule has 2 aromatic rings. The molecule has 2 saturated heterocycles. The first-order valence-electron chi connectivity index (χ1n) is 11.1. The van der Waals surface area contributed by atoms with E-state index >= 15 is 0 Å². The molecule has 33 heavy (non-hydrogen) atoms. The maximum absolute atomic E-state index is 13.2. The minimum Gasteiger partial charge on any atom is -0.371 e. The molecule has 1 N–H and O–H groups in total. The van der Waals surface area contributed by atoms with Crippen LogP contribution in [0.2, 0.25) is 5.02 Å². The van der Waals surface area contributed by atoms with Crippen LogP contribution in [0, 0.1) is 0 Å². The molecule has 8 nitrogen and oxygen atoms in total. The number of piperidine rings is 1. The monoisotopic (exact) mass is 487 g/mol. The fraction of sp³-hybridized carbons (Fsp3) is 0.391. The summed E-state index contributed by atoms with van der Waals surface area (Å²) in [5.41, 5.74) is 6.25. The molecule has 174 valence electrons. The minimum atomic E-state index is -3.71. The van der Waals surface area contributed by atoms with Gasteiger partial charge in [-0.1, -0.05) is 17.7 Å². The van der Waals surface area contributed by atoms with Gasteiger partial charge in [-0.3, -0.25) is 14.8 Å². The number of pyridine rings is 1. The summed E-state index contributed by atoms with van der Waals surface area (Å²) in [4.78, 5) is 19.5. The van der Waals surface area contributed by atoms with E-state index in [1.54, 1.807) is 35.6 Å². The number of sulfonamides is 1. The van der Waals surface area contributed by atoms with Crippen molar-refractivity contribution in [2.24, 2.45) is 0 Å². The fourth-order valence-corrected chi connectivity index (χ4v) is 6.39. The van der Waals surface area contributed by atoms with Crippen molar-refractivity contribution in [1.29, 1.82) is 0 Å². The van der Waals surface area contributed by atoms with Gasteiger partial charge < -0.3 is 4.90 Å². The van der Waals surface area contributed by atoms with Crippen LogP contribution in [0.25, 0.3) is 6.08 Å². The summed E-state index contributed by atoms with van der Waals surface area (Å²) in [7, 11) is -3.71. The van der Waals surface area contributed by atoms with Gasteiger partial charge in [-0.15, -0.1) is 0 Å². The zero-order chi connectivity index (χ0) is 23.0. The van der Waals surface area contributed by atoms with E-state index < -0.39 is 10.0 Å². The Bertz CT molecular complexity index is 1180. The van der Waals surface area contributed by atoms with E-state index in [1.807, 2.05) is 18.2 Å². The van der Waals surface area contributed by atoms with Crippen LogP contribution in [0.5, 0.6) is 0 Å². The highest BCUT2D eigenvalue weighted by atomic mass is 35.5. The summed E-state index contributed by atoms with van der Waals surface area (Å²) in [6.45, 7) is 2.23. The van der Waals surface area contributed by atoms with Gasteiger partial charge in [0.15, 0.2) is 0 Å². The number of nitrogens with one attached hydrogen (secondary N) is 1. The quantitative estimate of drug-likeness (QED) is 0.696. The third-order valence-corrected chi connectivity index (χ3v) is 8.66. The largest absolute Gasteiger partial charge is 0.371 e. The lowest BCUT2D eigenvalue weighted by atomic mass is 10.1. The van der Waals surface area contributed by atoms with Gasteiger partial charge in [-0.25, -0.2) is 13.8 Å². The number of hydrogen-bond acceptors (Lipinski definition) is 6. The number of allylic oxidation sites excluding steroid dienone is 1. The Labute approximate surface area is 198 Å². The van der Waals surface area contributed by atoms with Gasteiger partial charge in [0.05, 0.1) is 18.0 Å². The second kappa shape index (κ2) is 9.06. The fourth-order valence-electron chi connectivity index (χ4n) is 4.65. The van der Waals surface area contributed by atoms with Crippen molar-refractivity contribution in [2.75, 3.05) is 37.6 Å². The van der Waals surface area contributed by atoms with E-state index in [0.29, 0.717) is 22.9 Å². The summed E-state index contributed by atoms with van der Waals surface area (Å²) in [5.74, 6) is -0.222. The lowest BCUT2D eigenvalue weighted by molar-refractivity contribution is -0.138. The van der Waals surface area contributed by atoms with Crippen LogP contribution in [0.4, 0.5) is 5.69 Å². The summed E-state index contributed by atoms with van der Waals surface area (Å²) < 4.78 is 27.6. The van der Waals surface area contributed by atoms with Crippen LogP contribution < -0.4 is 10.3 Å². The van der Waals surface area contributed by atoms with Crippen molar-refractivity contribution in [3.63, 3.8) is 0 Å². The van der Waals surface area contributed by atoms with Gasteiger partial charge in [0, 0.05) is 55.2 Å². The minimum absolute atomic E-state index is 0.153. The number of anilines is 1. The standard InChI is InChI=1S/C23H26ClN5O3S/c24-19-2-1-17-14-22(15-18(17)13-19)33(31,32)28-11-12-29(23(30)16-28)26-20-5-9-27(10-6-20)21-3-7-25-8-4-21/h1-4,7-8,13-14,20,26H,5-6,9-12,15-16H2. The summed E-state index contributed by atoms with van der Waals surface area (Å²) in [5, 5.41) is 2.18. The number of rotatable bonds is 5. The number of nitrogens with zero attached hydrogens (tertiary/aromatic N) is 4. The number of carbonyl (C=O) groups excluding carboxylic acids is 1. The second-order valence-corrected chi connectivity index (χ2v) is 11.0. The van der Waals surface area contributed by atoms with Gasteiger partial charge in [-0.05, 0) is 54.3 Å². The predicted octanol–water partition coefficient (Wildman–Crippen LogP) is 2.28. The first kappa shape index (κ1) is 22.3. The number of piperazine rings is 1. The third kappa shape index (κ3) is 4.63. The van der Waals surface area contributed by atoms with E-state index in [9.17, 15) is 13.2 Å². The number of fused-ring (bicyclic) bond motifs is 1. The molecular formula is C23H26ClN5O3S. The average molecular weight is 488 g/mol. The molecule has 2 fully saturated rings. The van der Waals surface area contributed by atoms with Gasteiger partial charge in [0.2, 0.25) is 10.0 Å². The van der Waals surface area contributed by atoms with E-state index in [-0.39, 0.29) is 25.0 Å². The van der Waals surface area contributed by atoms with Crippen molar-refractivity contribution in [1.82, 2.24) is 19.7 Å². The topological polar surface area (TPSA) is 85.8 Å². The number of benzene rings is 1. The number of carbonyl (C=O) groups is 1. The smallest absolute Gasteiger partial charge is 0.252 e. The molecule has 1 aromatic carbocycles. The van der Waals surface area contributed by atoms with Crippen LogP contribution in [0.3, 0.4) is 0 Å². The predicted molar refractivity (Wildman–Crippen MR) is 128 cm³/mol. The molecule has 0 atom stereocenters. The van der Waals surface area contributed by atoms with Gasteiger partial charge in [0.1, 0.15) is 0 Å². The van der Waals surface area contributed by atoms with Gasteiger partial charge >= 0.3 is 0 Å². The number of halogens is 1. The summed E-state index contributed by atoms with van der Waals surface area (Å²) in [6, 6.07) is 9.57. The first-order chi connectivity index (χ1) is 15.9. The zero-order valence-electron chi connectivity index (χ0n) is 18.2. The van der Waals surface area contributed by atoms with E-state index in [1.165, 1.54) is 4.31 Å². The Kier molecular flexibility index (Phi) is 6.13. The van der Waals surface area contributed by atoms with Crippen molar-refractivity contribution in [2.45, 2.75) is 25.3 Å². The molecule has 0 saturated carbocycles. The van der Waals surface area contributed by atoms with Crippen LogP contribution in [0.1, 0.15) is 24.0 Å². The Morgan fingerprint density at radius 2 is 1.79 bits per heavy atom. The molecule has 2 aliphatic heterocycles. The number of aromatic nitrogens is 1. The van der Waals surface area contributed by atoms with Crippen LogP contribution in [-0.4, -0.2) is 67.4 Å². The molecule has 0 radical (unpaired) electrons. The van der Waals surface area contributed by atoms with Crippen LogP contribution >= 0.6 is 11.6 Å². The molecule has 0 bridgehead atoms. The zero-order valence-corrected chi connectivity index (χ0v) is 19.7. The van der Waals surface area contributed by atoms with E-state index in [4.69, 9.17) is 11.6 Å². The summed E-state index contributed by atoms with van der Waals surface area (Å²) in [6.07, 6.45) is 7.39. The summed E-state index contributed by atoms with van der Waals surface area (Å²) >= 11 is 6.04. The molecule has 0 unspecified atom stereocenters. The van der Waals surface area contributed by atoms with Crippen molar-refractivity contribution >= 4 is 39.3 Å². The molecule has 1 aromatic heterocycles. The lowest BCUT2D eigenvalue weighted by Gasteiger charge is -2.39. The van der Waals surface area contributed by atoms with Crippen LogP contribution in [0.15, 0.2) is 47.6 Å². The molecule has 5 rings (SSSR count). The molecule has 10 heteroatoms. The Hall–Kier alpha value is -2.46. The second-order valence-electron chi connectivity index (χ2n) is 8.61. The molecular weight excluding hydrogens is 462 g/mol. The molecule has 0 spiro atoms. The van der Waals surface area contributed by atoms with E-state index in [2.05, 4.69) is 15.3 Å². The molecule has 3 heterocycles. The number of amides is 1. The molecule has 3 aliphatic rings. The van der Waals surface area contributed by atoms with Crippen LogP contribution in [-0.2, 0) is 21.2 Å². The molecule has 1 amide bonds. The lowest BCUT2D eigenvalue weighted by Crippen LogP contribution is -2.60. The highest BCUT2D eigenvalue weighted by Crippen LogP contribution is 2.32. The van der Waals surface area contributed by atoms with Crippen molar-refractivity contribution in [3.8, 4) is 0 Å². The Morgan fingerprint density at radius 1 is 1.03 bits per heavy atom. The Morgan fingerprint density at radius 3 is 2.52 bits per heavy atom. The first-order valence-corrected chi connectivity index (χ1v) is 12.9. The van der Waals surface area contributed by atoms with Crippen molar-refractivity contribution in [3.05, 3.63) is 63.8 Å². The van der Waals surface area contributed by atoms with Gasteiger partial charge in [0.25, 0.3) is 5.91 Å². The molecule has 1 aliphatic carbocycles. The SMILES string of the molecule is O=C1CN(S(=O)(=O)C2=Cc3ccc(Cl)cc3C2)CCN1NC1CCN(c2ccncc2)CC1.